The Morgan fingerprint density at radius 1 is 1.22 bits per heavy atom. The van der Waals surface area contributed by atoms with Gasteiger partial charge in [0.1, 0.15) is 0 Å². The van der Waals surface area contributed by atoms with Crippen LogP contribution in [-0.4, -0.2) is 51.1 Å². The second kappa shape index (κ2) is 13.6. The van der Waals surface area contributed by atoms with Crippen molar-refractivity contribution in [3.63, 3.8) is 0 Å². The number of thioether (sulfide) groups is 2. The van der Waals surface area contributed by atoms with Crippen molar-refractivity contribution in [3.8, 4) is 11.8 Å². The molecule has 0 saturated carbocycles. The van der Waals surface area contributed by atoms with Crippen molar-refractivity contribution in [2.24, 2.45) is 0 Å². The lowest BCUT2D eigenvalue weighted by Gasteiger charge is -2.44. The number of halogens is 1. The Labute approximate surface area is 187 Å². The van der Waals surface area contributed by atoms with Gasteiger partial charge in [0.2, 0.25) is 0 Å². The van der Waals surface area contributed by atoms with Gasteiger partial charge in [0.15, 0.2) is 5.79 Å². The largest absolute Gasteiger partial charge is 0.469 e. The average Bonchev–Trinajstić information content (AvgIpc) is 2.62. The number of hydrogen-bond acceptors (Lipinski definition) is 6. The van der Waals surface area contributed by atoms with Crippen LogP contribution in [0.5, 0.6) is 0 Å². The van der Waals surface area contributed by atoms with Gasteiger partial charge in [0.05, 0.1) is 23.9 Å². The lowest BCUT2D eigenvalue weighted by molar-refractivity contribution is -0.295. The molecule has 0 N–H and O–H groups in total. The van der Waals surface area contributed by atoms with Gasteiger partial charge in [-0.05, 0) is 31.8 Å². The third-order valence-corrected chi connectivity index (χ3v) is 8.03. The van der Waals surface area contributed by atoms with Gasteiger partial charge in [-0.15, -0.1) is 35.4 Å². The first-order chi connectivity index (χ1) is 12.8. The average molecular weight is 529 g/mol. The van der Waals surface area contributed by atoms with Crippen molar-refractivity contribution in [2.75, 3.05) is 18.6 Å². The van der Waals surface area contributed by atoms with Crippen LogP contribution in [0, 0.1) is 11.8 Å². The quantitative estimate of drug-likeness (QED) is 0.0962. The molecule has 1 heterocycles. The van der Waals surface area contributed by atoms with Crippen molar-refractivity contribution >= 4 is 52.1 Å². The molecule has 0 spiro atoms. The zero-order valence-corrected chi connectivity index (χ0v) is 20.9. The number of esters is 1. The first-order valence-electron chi connectivity index (χ1n) is 9.58. The van der Waals surface area contributed by atoms with Crippen molar-refractivity contribution in [1.29, 1.82) is 0 Å². The molecule has 1 rings (SSSR count). The summed E-state index contributed by atoms with van der Waals surface area (Å²) in [6.07, 6.45) is 3.94. The molecule has 0 aromatic carbocycles. The van der Waals surface area contributed by atoms with Crippen LogP contribution in [-0.2, 0) is 19.0 Å². The highest BCUT2D eigenvalue weighted by Crippen LogP contribution is 2.39. The molecule has 0 aliphatic carbocycles. The zero-order valence-electron chi connectivity index (χ0n) is 17.1. The van der Waals surface area contributed by atoms with Crippen molar-refractivity contribution in [3.05, 3.63) is 0 Å². The Hall–Kier alpha value is 0.380. The predicted octanol–water partition coefficient (Wildman–Crippen LogP) is 5.27. The van der Waals surface area contributed by atoms with Gasteiger partial charge in [0.25, 0.3) is 0 Å². The minimum Gasteiger partial charge on any atom is -0.469 e. The Morgan fingerprint density at radius 2 is 1.85 bits per heavy atom. The number of alkyl halides is 1. The number of unbranched alkanes of at least 4 members (excludes halogenated alkanes) is 1. The van der Waals surface area contributed by atoms with Crippen LogP contribution in [0.2, 0.25) is 0 Å². The molecule has 0 aromatic heterocycles. The van der Waals surface area contributed by atoms with Crippen LogP contribution < -0.4 is 0 Å². The number of methoxy groups -OCH3 is 1. The third kappa shape index (κ3) is 10.1. The van der Waals surface area contributed by atoms with Crippen LogP contribution >= 0.6 is 46.1 Å². The minimum atomic E-state index is -0.564. The highest BCUT2D eigenvalue weighted by Gasteiger charge is 2.41. The van der Waals surface area contributed by atoms with E-state index in [0.717, 1.165) is 37.2 Å². The van der Waals surface area contributed by atoms with Crippen molar-refractivity contribution < 1.29 is 19.0 Å². The highest BCUT2D eigenvalue weighted by atomic mass is 127. The highest BCUT2D eigenvalue weighted by molar-refractivity contribution is 14.1. The Bertz CT molecular complexity index is 498. The molecule has 0 bridgehead atoms. The molecular formula is C20H33IO4S2. The molecule has 4 nitrogen and oxygen atoms in total. The number of carbonyl (C=O) groups excluding carboxylic acids is 1. The van der Waals surface area contributed by atoms with E-state index in [0.29, 0.717) is 14.9 Å². The zero-order chi connectivity index (χ0) is 20.3. The summed E-state index contributed by atoms with van der Waals surface area (Å²) in [5.41, 5.74) is 0. The van der Waals surface area contributed by atoms with Crippen LogP contribution in [0.15, 0.2) is 0 Å². The molecule has 27 heavy (non-hydrogen) atoms. The van der Waals surface area contributed by atoms with Crippen molar-refractivity contribution in [2.45, 2.75) is 86.3 Å². The van der Waals surface area contributed by atoms with E-state index in [-0.39, 0.29) is 18.2 Å². The van der Waals surface area contributed by atoms with Gasteiger partial charge < -0.3 is 14.2 Å². The standard InChI is InChI=1S/C20H33IO4S2/c1-6-26-19(27-7-2)17-14-16(24-20(3,4)25-17)15(21)12-10-8-9-11-13-18(22)23-5/h15-17,19H,6-7,9,11-14H2,1-5H3/t15-,16+,17-/m1/s1. The van der Waals surface area contributed by atoms with Crippen LogP contribution in [0.25, 0.3) is 0 Å². The molecule has 156 valence electrons. The van der Waals surface area contributed by atoms with Gasteiger partial charge in [-0.1, -0.05) is 36.4 Å². The van der Waals surface area contributed by atoms with Gasteiger partial charge in [0, 0.05) is 29.6 Å². The Balaban J connectivity index is 2.57. The summed E-state index contributed by atoms with van der Waals surface area (Å²) < 4.78 is 17.9. The lowest BCUT2D eigenvalue weighted by Crippen LogP contribution is -2.50. The van der Waals surface area contributed by atoms with Gasteiger partial charge >= 0.3 is 5.97 Å². The fourth-order valence-corrected chi connectivity index (χ4v) is 6.16. The van der Waals surface area contributed by atoms with E-state index in [9.17, 15) is 4.79 Å². The molecule has 1 fully saturated rings. The smallest absolute Gasteiger partial charge is 0.305 e. The van der Waals surface area contributed by atoms with Crippen LogP contribution in [0.1, 0.15) is 59.8 Å². The molecule has 1 saturated heterocycles. The summed E-state index contributed by atoms with van der Waals surface area (Å²) in [7, 11) is 1.42. The van der Waals surface area contributed by atoms with E-state index < -0.39 is 5.79 Å². The molecule has 0 radical (unpaired) electrons. The summed E-state index contributed by atoms with van der Waals surface area (Å²) in [4.78, 5) is 11.1. The van der Waals surface area contributed by atoms with Gasteiger partial charge in [-0.25, -0.2) is 0 Å². The molecule has 0 aromatic rings. The van der Waals surface area contributed by atoms with Gasteiger partial charge in [-0.2, -0.15) is 0 Å². The Morgan fingerprint density at radius 3 is 2.44 bits per heavy atom. The van der Waals surface area contributed by atoms with E-state index in [1.165, 1.54) is 7.11 Å². The van der Waals surface area contributed by atoms with E-state index >= 15 is 0 Å². The summed E-state index contributed by atoms with van der Waals surface area (Å²) in [5, 5.41) is 0. The normalized spacial score (nSPS) is 22.8. The third-order valence-electron chi connectivity index (χ3n) is 4.04. The monoisotopic (exact) mass is 528 g/mol. The number of carbonyl (C=O) groups is 1. The van der Waals surface area contributed by atoms with Gasteiger partial charge in [-0.3, -0.25) is 4.79 Å². The van der Waals surface area contributed by atoms with E-state index in [4.69, 9.17) is 9.47 Å². The lowest BCUT2D eigenvalue weighted by atomic mass is 10.0. The maximum atomic E-state index is 11.1. The Kier molecular flexibility index (Phi) is 12.8. The fraction of sp³-hybridized carbons (Fsp3) is 0.850. The first-order valence-corrected chi connectivity index (χ1v) is 12.9. The summed E-state index contributed by atoms with van der Waals surface area (Å²) >= 11 is 6.40. The number of ether oxygens (including phenoxy) is 3. The molecule has 3 atom stereocenters. The minimum absolute atomic E-state index is 0.140. The first kappa shape index (κ1) is 25.4. The SMILES string of the molecule is CCSC(SCC)[C@H]1C[C@@H]([C@H](I)CC#CCCCC(=O)OC)OC(C)(C)O1. The number of rotatable bonds is 10. The summed E-state index contributed by atoms with van der Waals surface area (Å²) in [6, 6.07) is 0. The van der Waals surface area contributed by atoms with Crippen LogP contribution in [0.3, 0.4) is 0 Å². The summed E-state index contributed by atoms with van der Waals surface area (Å²) in [6.45, 7) is 8.43. The summed E-state index contributed by atoms with van der Waals surface area (Å²) in [5.74, 6) is 7.88. The van der Waals surface area contributed by atoms with Crippen molar-refractivity contribution in [1.82, 2.24) is 0 Å². The molecule has 0 amide bonds. The second-order valence-electron chi connectivity index (χ2n) is 6.73. The van der Waals surface area contributed by atoms with E-state index in [2.05, 4.69) is 53.0 Å². The van der Waals surface area contributed by atoms with E-state index in [1.54, 1.807) is 0 Å². The van der Waals surface area contributed by atoms with Crippen LogP contribution in [0.4, 0.5) is 0 Å². The van der Waals surface area contributed by atoms with E-state index in [1.807, 2.05) is 37.4 Å². The molecule has 0 unspecified atom stereocenters. The maximum absolute atomic E-state index is 11.1. The predicted molar refractivity (Wildman–Crippen MR) is 125 cm³/mol. The molecule has 1 aliphatic rings. The maximum Gasteiger partial charge on any atom is 0.305 e. The molecule has 7 heteroatoms. The topological polar surface area (TPSA) is 44.8 Å². The molecule has 1 aliphatic heterocycles. The number of hydrogen-bond donors (Lipinski definition) is 0. The molecular weight excluding hydrogens is 495 g/mol. The second-order valence-corrected chi connectivity index (χ2v) is 11.5. The fourth-order valence-electron chi connectivity index (χ4n) is 2.87.